The summed E-state index contributed by atoms with van der Waals surface area (Å²) in [4.78, 5) is 10.5. The number of hydrogen-bond acceptors (Lipinski definition) is 4. The second-order valence-electron chi connectivity index (χ2n) is 1.99. The number of carbonyl (C=O) groups is 1. The van der Waals surface area contributed by atoms with Crippen LogP contribution in [0.15, 0.2) is 5.10 Å². The van der Waals surface area contributed by atoms with E-state index in [1.165, 1.54) is 18.7 Å². The van der Waals surface area contributed by atoms with E-state index >= 15 is 0 Å². The van der Waals surface area contributed by atoms with Crippen LogP contribution in [-0.4, -0.2) is 16.4 Å². The Kier molecular flexibility index (Phi) is 2.16. The molecule has 0 fully saturated rings. The maximum Gasteiger partial charge on any atom is 0.222 e. The molecular formula is C5H9N3OS. The second-order valence-corrected chi connectivity index (χ2v) is 3.32. The van der Waals surface area contributed by atoms with E-state index in [0.29, 0.717) is 5.17 Å². The average Bonchev–Trinajstić information content (AvgIpc) is 2.13. The molecule has 0 radical (unpaired) electrons. The molecule has 0 aromatic carbocycles. The van der Waals surface area contributed by atoms with E-state index in [4.69, 9.17) is 0 Å². The molecule has 10 heavy (non-hydrogen) atoms. The quantitative estimate of drug-likeness (QED) is 0.526. The summed E-state index contributed by atoms with van der Waals surface area (Å²) in [5, 5.41) is 7.36. The van der Waals surface area contributed by atoms with Gasteiger partial charge in [0.05, 0.1) is 5.37 Å². The van der Waals surface area contributed by atoms with Crippen molar-refractivity contribution in [3.8, 4) is 0 Å². The molecule has 0 aromatic rings. The standard InChI is InChI=1S/C5H9N3OS/c1-3(9)6-5-8-7-4(2)10-5/h4,7H,1-2H3,(H,6,8,9). The van der Waals surface area contributed by atoms with Gasteiger partial charge in [-0.05, 0) is 6.92 Å². The van der Waals surface area contributed by atoms with Gasteiger partial charge in [-0.1, -0.05) is 11.8 Å². The van der Waals surface area contributed by atoms with Gasteiger partial charge in [-0.2, -0.15) is 5.10 Å². The van der Waals surface area contributed by atoms with Gasteiger partial charge in [0.2, 0.25) is 5.91 Å². The van der Waals surface area contributed by atoms with Gasteiger partial charge in [0, 0.05) is 6.92 Å². The summed E-state index contributed by atoms with van der Waals surface area (Å²) < 4.78 is 0. The highest BCUT2D eigenvalue weighted by molar-refractivity contribution is 8.14. The third kappa shape index (κ3) is 1.91. The number of amidine groups is 1. The summed E-state index contributed by atoms with van der Waals surface area (Å²) in [5.74, 6) is -0.0813. The Morgan fingerprint density at radius 2 is 2.60 bits per heavy atom. The van der Waals surface area contributed by atoms with Crippen molar-refractivity contribution < 1.29 is 4.79 Å². The zero-order chi connectivity index (χ0) is 7.56. The zero-order valence-corrected chi connectivity index (χ0v) is 6.66. The molecule has 2 N–H and O–H groups in total. The van der Waals surface area contributed by atoms with Gasteiger partial charge >= 0.3 is 0 Å². The predicted octanol–water partition coefficient (Wildman–Crippen LogP) is 0.0759. The lowest BCUT2D eigenvalue weighted by Crippen LogP contribution is -2.24. The number of rotatable bonds is 0. The number of nitrogens with zero attached hydrogens (tertiary/aromatic N) is 1. The van der Waals surface area contributed by atoms with Gasteiger partial charge in [-0.3, -0.25) is 10.2 Å². The van der Waals surface area contributed by atoms with Crippen molar-refractivity contribution in [2.75, 3.05) is 0 Å². The first-order chi connectivity index (χ1) is 4.68. The van der Waals surface area contributed by atoms with E-state index in [2.05, 4.69) is 15.8 Å². The van der Waals surface area contributed by atoms with Crippen molar-refractivity contribution >= 4 is 22.8 Å². The van der Waals surface area contributed by atoms with Gasteiger partial charge in [0.15, 0.2) is 5.17 Å². The first-order valence-corrected chi connectivity index (χ1v) is 3.84. The third-order valence-corrected chi connectivity index (χ3v) is 1.79. The first kappa shape index (κ1) is 7.40. The van der Waals surface area contributed by atoms with E-state index in [1.54, 1.807) is 0 Å². The number of nitrogens with one attached hydrogen (secondary N) is 2. The van der Waals surface area contributed by atoms with E-state index < -0.39 is 0 Å². The first-order valence-electron chi connectivity index (χ1n) is 2.96. The summed E-state index contributed by atoms with van der Waals surface area (Å²) in [6, 6.07) is 0. The van der Waals surface area contributed by atoms with Crippen LogP contribution < -0.4 is 10.7 Å². The number of thioether (sulfide) groups is 1. The monoisotopic (exact) mass is 159 g/mol. The molecule has 1 atom stereocenters. The Hall–Kier alpha value is -0.710. The van der Waals surface area contributed by atoms with Crippen LogP contribution >= 0.6 is 11.8 Å². The Bertz CT molecular complexity index is 180. The van der Waals surface area contributed by atoms with Crippen LogP contribution in [0.4, 0.5) is 0 Å². The van der Waals surface area contributed by atoms with Crippen molar-refractivity contribution in [1.29, 1.82) is 0 Å². The third-order valence-electron chi connectivity index (χ3n) is 0.919. The molecule has 1 unspecified atom stereocenters. The van der Waals surface area contributed by atoms with Crippen LogP contribution in [0.3, 0.4) is 0 Å². The number of carbonyl (C=O) groups excluding carboxylic acids is 1. The Balaban J connectivity index is 2.37. The van der Waals surface area contributed by atoms with Crippen LogP contribution in [0.25, 0.3) is 0 Å². The minimum atomic E-state index is -0.0813. The van der Waals surface area contributed by atoms with Crippen molar-refractivity contribution in [3.63, 3.8) is 0 Å². The Morgan fingerprint density at radius 3 is 3.00 bits per heavy atom. The molecule has 0 saturated carbocycles. The molecule has 1 aliphatic heterocycles. The highest BCUT2D eigenvalue weighted by Crippen LogP contribution is 2.13. The molecule has 56 valence electrons. The van der Waals surface area contributed by atoms with Crippen LogP contribution in [0.2, 0.25) is 0 Å². The van der Waals surface area contributed by atoms with E-state index in [-0.39, 0.29) is 11.3 Å². The van der Waals surface area contributed by atoms with Crippen molar-refractivity contribution in [3.05, 3.63) is 0 Å². The van der Waals surface area contributed by atoms with E-state index in [9.17, 15) is 4.79 Å². The lowest BCUT2D eigenvalue weighted by Gasteiger charge is -1.98. The lowest BCUT2D eigenvalue weighted by molar-refractivity contribution is -0.117. The summed E-state index contributed by atoms with van der Waals surface area (Å²) >= 11 is 1.50. The SMILES string of the molecule is CC(=O)NC1=NNC(C)S1. The van der Waals surface area contributed by atoms with Crippen molar-refractivity contribution in [2.24, 2.45) is 5.10 Å². The van der Waals surface area contributed by atoms with Crippen LogP contribution in [0.5, 0.6) is 0 Å². The molecule has 0 spiro atoms. The smallest absolute Gasteiger partial charge is 0.222 e. The highest BCUT2D eigenvalue weighted by atomic mass is 32.2. The molecule has 0 bridgehead atoms. The number of hydrogen-bond donors (Lipinski definition) is 2. The summed E-state index contributed by atoms with van der Waals surface area (Å²) in [7, 11) is 0. The minimum Gasteiger partial charge on any atom is -0.304 e. The van der Waals surface area contributed by atoms with Crippen molar-refractivity contribution in [1.82, 2.24) is 10.7 Å². The molecule has 4 nitrogen and oxygen atoms in total. The lowest BCUT2D eigenvalue weighted by atomic mass is 10.7. The Morgan fingerprint density at radius 1 is 1.90 bits per heavy atom. The zero-order valence-electron chi connectivity index (χ0n) is 5.84. The van der Waals surface area contributed by atoms with Crippen LogP contribution in [-0.2, 0) is 4.79 Å². The topological polar surface area (TPSA) is 53.5 Å². The molecular weight excluding hydrogens is 150 g/mol. The molecule has 0 saturated heterocycles. The van der Waals surface area contributed by atoms with Crippen LogP contribution in [0, 0.1) is 0 Å². The van der Waals surface area contributed by atoms with Gasteiger partial charge < -0.3 is 5.32 Å². The second kappa shape index (κ2) is 2.92. The largest absolute Gasteiger partial charge is 0.304 e. The summed E-state index contributed by atoms with van der Waals surface area (Å²) in [6.45, 7) is 3.44. The maximum atomic E-state index is 10.5. The molecule has 1 amide bonds. The van der Waals surface area contributed by atoms with Gasteiger partial charge in [0.1, 0.15) is 0 Å². The molecule has 1 rings (SSSR count). The van der Waals surface area contributed by atoms with Crippen LogP contribution in [0.1, 0.15) is 13.8 Å². The van der Waals surface area contributed by atoms with E-state index in [0.717, 1.165) is 0 Å². The predicted molar refractivity (Wildman–Crippen MR) is 41.4 cm³/mol. The molecule has 0 aliphatic carbocycles. The summed E-state index contributed by atoms with van der Waals surface area (Å²) in [6.07, 6.45) is 0. The molecule has 5 heteroatoms. The average molecular weight is 159 g/mol. The normalized spacial score (nSPS) is 23.4. The maximum absolute atomic E-state index is 10.5. The number of amides is 1. The molecule has 0 aromatic heterocycles. The van der Waals surface area contributed by atoms with Gasteiger partial charge in [-0.15, -0.1) is 0 Å². The summed E-state index contributed by atoms with van der Waals surface area (Å²) in [5.41, 5.74) is 2.81. The van der Waals surface area contributed by atoms with Gasteiger partial charge in [0.25, 0.3) is 0 Å². The number of hydrazone groups is 1. The fourth-order valence-electron chi connectivity index (χ4n) is 0.578. The van der Waals surface area contributed by atoms with E-state index in [1.807, 2.05) is 6.92 Å². The highest BCUT2D eigenvalue weighted by Gasteiger charge is 2.14. The molecule has 1 heterocycles. The van der Waals surface area contributed by atoms with Crippen molar-refractivity contribution in [2.45, 2.75) is 19.2 Å². The minimum absolute atomic E-state index is 0.0813. The van der Waals surface area contributed by atoms with Gasteiger partial charge in [-0.25, -0.2) is 0 Å². The molecule has 1 aliphatic rings. The fraction of sp³-hybridized carbons (Fsp3) is 0.600. The Labute approximate surface area is 63.4 Å². The fourth-order valence-corrected chi connectivity index (χ4v) is 1.33.